The van der Waals surface area contributed by atoms with Crippen LogP contribution in [0, 0.1) is 11.6 Å². The minimum atomic E-state index is -0.519. The van der Waals surface area contributed by atoms with Gasteiger partial charge in [-0.05, 0) is 19.2 Å². The predicted molar refractivity (Wildman–Crippen MR) is 92.0 cm³/mol. The van der Waals surface area contributed by atoms with Crippen molar-refractivity contribution < 1.29 is 18.3 Å². The Labute approximate surface area is 142 Å². The molecule has 2 rings (SSSR count). The number of nitrogens with zero attached hydrogens (tertiary/aromatic N) is 3. The van der Waals surface area contributed by atoms with E-state index in [0.717, 1.165) is 13.1 Å². The van der Waals surface area contributed by atoms with Crippen molar-refractivity contribution in [2.45, 2.75) is 0 Å². The van der Waals surface area contributed by atoms with Crippen molar-refractivity contribution in [2.24, 2.45) is 0 Å². The summed E-state index contributed by atoms with van der Waals surface area (Å²) in [5.74, 6) is -1.04. The monoisotopic (exact) mass is 343 g/mol. The first-order valence-corrected chi connectivity index (χ1v) is 8.22. The zero-order valence-electron chi connectivity index (χ0n) is 14.7. The second-order valence-corrected chi connectivity index (χ2v) is 6.02. The smallest absolute Gasteiger partial charge is 0.151 e. The van der Waals surface area contributed by atoms with Crippen LogP contribution in [0.2, 0.25) is 0 Å². The summed E-state index contributed by atoms with van der Waals surface area (Å²) >= 11 is 0. The summed E-state index contributed by atoms with van der Waals surface area (Å²) < 4.78 is 39.4. The molecule has 1 fully saturated rings. The van der Waals surface area contributed by atoms with Crippen LogP contribution in [0.25, 0.3) is 0 Å². The maximum absolute atomic E-state index is 14.6. The van der Waals surface area contributed by atoms with Gasteiger partial charge in [0.15, 0.2) is 11.6 Å². The Morgan fingerprint density at radius 2 is 1.46 bits per heavy atom. The highest BCUT2D eigenvalue weighted by Gasteiger charge is 2.22. The van der Waals surface area contributed by atoms with Gasteiger partial charge in [-0.25, -0.2) is 8.78 Å². The third kappa shape index (κ3) is 4.78. The number of hydrogen-bond acceptors (Lipinski definition) is 5. The van der Waals surface area contributed by atoms with Crippen LogP contribution in [0.3, 0.4) is 0 Å². The van der Waals surface area contributed by atoms with Crippen LogP contribution in [-0.4, -0.2) is 78.6 Å². The highest BCUT2D eigenvalue weighted by molar-refractivity contribution is 5.59. The van der Waals surface area contributed by atoms with Gasteiger partial charge in [0.1, 0.15) is 5.69 Å². The largest absolute Gasteiger partial charge is 0.383 e. The zero-order chi connectivity index (χ0) is 17.5. The van der Waals surface area contributed by atoms with Crippen LogP contribution in [0.4, 0.5) is 20.2 Å². The molecule has 0 saturated carbocycles. The molecule has 0 unspecified atom stereocenters. The van der Waals surface area contributed by atoms with Crippen molar-refractivity contribution >= 4 is 11.4 Å². The van der Waals surface area contributed by atoms with Gasteiger partial charge in [0.25, 0.3) is 0 Å². The van der Waals surface area contributed by atoms with Gasteiger partial charge in [-0.1, -0.05) is 0 Å². The average Bonchev–Trinajstić information content (AvgIpc) is 2.56. The number of methoxy groups -OCH3 is 2. The molecule has 1 aliphatic rings. The standard InChI is InChI=1S/C17H27F2N3O2/c1-20-4-6-22(7-5-20)17-15(18)12-14(13-16(17)19)21(8-10-23-2)9-11-24-3/h12-13H,4-11H2,1-3H3. The molecule has 1 aromatic rings. The summed E-state index contributed by atoms with van der Waals surface area (Å²) in [4.78, 5) is 5.80. The van der Waals surface area contributed by atoms with Gasteiger partial charge < -0.3 is 24.2 Å². The van der Waals surface area contributed by atoms with E-state index in [0.29, 0.717) is 45.1 Å². The quantitative estimate of drug-likeness (QED) is 0.718. The normalized spacial score (nSPS) is 15.8. The van der Waals surface area contributed by atoms with Gasteiger partial charge in [0, 0.05) is 59.2 Å². The summed E-state index contributed by atoms with van der Waals surface area (Å²) in [6, 6.07) is 2.81. The van der Waals surface area contributed by atoms with Crippen molar-refractivity contribution in [2.75, 3.05) is 83.5 Å². The molecule has 0 aliphatic carbocycles. The average molecular weight is 343 g/mol. The molecule has 0 amide bonds. The molecule has 0 atom stereocenters. The molecule has 5 nitrogen and oxygen atoms in total. The van der Waals surface area contributed by atoms with E-state index in [1.807, 2.05) is 11.9 Å². The highest BCUT2D eigenvalue weighted by Crippen LogP contribution is 2.29. The summed E-state index contributed by atoms with van der Waals surface area (Å²) in [7, 11) is 5.22. The van der Waals surface area contributed by atoms with Gasteiger partial charge in [-0.2, -0.15) is 0 Å². The van der Waals surface area contributed by atoms with E-state index in [4.69, 9.17) is 9.47 Å². The first-order valence-electron chi connectivity index (χ1n) is 8.22. The lowest BCUT2D eigenvalue weighted by atomic mass is 10.2. The number of piperazine rings is 1. The minimum Gasteiger partial charge on any atom is -0.383 e. The number of hydrogen-bond donors (Lipinski definition) is 0. The van der Waals surface area contributed by atoms with Crippen LogP contribution in [0.5, 0.6) is 0 Å². The number of halogens is 2. The molecule has 0 spiro atoms. The Morgan fingerprint density at radius 3 is 1.92 bits per heavy atom. The summed E-state index contributed by atoms with van der Waals surface area (Å²) in [6.07, 6.45) is 0. The van der Waals surface area contributed by atoms with E-state index >= 15 is 0 Å². The van der Waals surface area contributed by atoms with Gasteiger partial charge in [-0.3, -0.25) is 0 Å². The number of ether oxygens (including phenoxy) is 2. The summed E-state index contributed by atoms with van der Waals surface area (Å²) in [6.45, 7) is 4.91. The van der Waals surface area contributed by atoms with Crippen molar-refractivity contribution in [3.63, 3.8) is 0 Å². The third-order valence-electron chi connectivity index (χ3n) is 4.32. The fourth-order valence-corrected chi connectivity index (χ4v) is 2.84. The maximum Gasteiger partial charge on any atom is 0.151 e. The molecule has 1 aromatic carbocycles. The number of anilines is 2. The second kappa shape index (κ2) is 9.15. The summed E-state index contributed by atoms with van der Waals surface area (Å²) in [5, 5.41) is 0. The Balaban J connectivity index is 2.19. The molecule has 0 bridgehead atoms. The van der Waals surface area contributed by atoms with Gasteiger partial charge in [-0.15, -0.1) is 0 Å². The van der Waals surface area contributed by atoms with E-state index in [1.54, 1.807) is 19.1 Å². The van der Waals surface area contributed by atoms with Crippen molar-refractivity contribution in [3.8, 4) is 0 Å². The van der Waals surface area contributed by atoms with E-state index in [-0.39, 0.29) is 5.69 Å². The van der Waals surface area contributed by atoms with Crippen molar-refractivity contribution in [3.05, 3.63) is 23.8 Å². The minimum absolute atomic E-state index is 0.0743. The molecular weight excluding hydrogens is 316 g/mol. The Bertz CT molecular complexity index is 492. The van der Waals surface area contributed by atoms with Gasteiger partial charge >= 0.3 is 0 Å². The Hall–Kier alpha value is -1.44. The van der Waals surface area contributed by atoms with E-state index in [9.17, 15) is 8.78 Å². The molecule has 1 saturated heterocycles. The number of likely N-dealkylation sites (N-methyl/N-ethyl adjacent to an activating group) is 1. The predicted octanol–water partition coefficient (Wildman–Crippen LogP) is 1.82. The van der Waals surface area contributed by atoms with Crippen LogP contribution in [0.15, 0.2) is 12.1 Å². The lowest BCUT2D eigenvalue weighted by Gasteiger charge is -2.34. The van der Waals surface area contributed by atoms with Gasteiger partial charge in [0.2, 0.25) is 0 Å². The summed E-state index contributed by atoms with van der Waals surface area (Å²) in [5.41, 5.74) is 0.585. The topological polar surface area (TPSA) is 28.2 Å². The molecule has 1 aliphatic heterocycles. The molecule has 24 heavy (non-hydrogen) atoms. The first-order chi connectivity index (χ1) is 11.6. The Kier molecular flexibility index (Phi) is 7.20. The lowest BCUT2D eigenvalue weighted by Crippen LogP contribution is -2.45. The van der Waals surface area contributed by atoms with Crippen molar-refractivity contribution in [1.82, 2.24) is 4.90 Å². The van der Waals surface area contributed by atoms with Crippen LogP contribution in [0.1, 0.15) is 0 Å². The highest BCUT2D eigenvalue weighted by atomic mass is 19.1. The lowest BCUT2D eigenvalue weighted by molar-refractivity contribution is 0.190. The Morgan fingerprint density at radius 1 is 0.958 bits per heavy atom. The van der Waals surface area contributed by atoms with Crippen molar-refractivity contribution in [1.29, 1.82) is 0 Å². The fourth-order valence-electron chi connectivity index (χ4n) is 2.84. The molecule has 7 heteroatoms. The molecule has 136 valence electrons. The van der Waals surface area contributed by atoms with E-state index in [2.05, 4.69) is 4.90 Å². The fraction of sp³-hybridized carbons (Fsp3) is 0.647. The first kappa shape index (κ1) is 18.9. The van der Waals surface area contributed by atoms with Crippen LogP contribution >= 0.6 is 0 Å². The molecule has 1 heterocycles. The second-order valence-electron chi connectivity index (χ2n) is 6.02. The van der Waals surface area contributed by atoms with Crippen LogP contribution < -0.4 is 9.80 Å². The van der Waals surface area contributed by atoms with E-state index in [1.165, 1.54) is 12.1 Å². The zero-order valence-corrected chi connectivity index (χ0v) is 14.7. The molecule has 0 radical (unpaired) electrons. The number of rotatable bonds is 8. The molecule has 0 aromatic heterocycles. The third-order valence-corrected chi connectivity index (χ3v) is 4.32. The SMILES string of the molecule is COCCN(CCOC)c1cc(F)c(N2CCN(C)CC2)c(F)c1. The van der Waals surface area contributed by atoms with Gasteiger partial charge in [0.05, 0.1) is 13.2 Å². The maximum atomic E-state index is 14.6. The molecule has 0 N–H and O–H groups in total. The van der Waals surface area contributed by atoms with Crippen LogP contribution in [-0.2, 0) is 9.47 Å². The van der Waals surface area contributed by atoms with E-state index < -0.39 is 11.6 Å². The number of benzene rings is 1. The molecular formula is C17H27F2N3O2.